The van der Waals surface area contributed by atoms with Crippen LogP contribution in [0.2, 0.25) is 0 Å². The maximum absolute atomic E-state index is 12.7. The van der Waals surface area contributed by atoms with Gasteiger partial charge in [0.25, 0.3) is 0 Å². The Morgan fingerprint density at radius 1 is 0.508 bits per heavy atom. The third kappa shape index (κ3) is 41.9. The molecular weight excluding hydrogens is 763 g/mol. The van der Waals surface area contributed by atoms with Crippen LogP contribution in [0, 0.1) is 0 Å². The van der Waals surface area contributed by atoms with E-state index in [1.54, 1.807) is 0 Å². The minimum Gasteiger partial charge on any atom is -0.477 e. The predicted molar refractivity (Wildman–Crippen MR) is 257 cm³/mol. The van der Waals surface area contributed by atoms with Crippen molar-refractivity contribution in [2.24, 2.45) is 0 Å². The molecule has 0 saturated heterocycles. The van der Waals surface area contributed by atoms with Crippen molar-refractivity contribution in [1.82, 2.24) is 0 Å². The molecule has 0 aliphatic rings. The van der Waals surface area contributed by atoms with Crippen molar-refractivity contribution in [3.8, 4) is 0 Å². The lowest BCUT2D eigenvalue weighted by Gasteiger charge is -2.31. The lowest BCUT2D eigenvalue weighted by Crippen LogP contribution is -2.50. The van der Waals surface area contributed by atoms with Gasteiger partial charge in [0.05, 0.1) is 34.4 Å². The molecular formula is C53H92NO7+. The number of quaternary nitrogens is 1. The first-order chi connectivity index (χ1) is 29.6. The summed E-state index contributed by atoms with van der Waals surface area (Å²) in [5, 5.41) is 9.64. The molecule has 0 rings (SSSR count). The number of likely N-dealkylation sites (N-methyl/N-ethyl adjacent to an activating group) is 1. The van der Waals surface area contributed by atoms with Gasteiger partial charge in [-0.25, -0.2) is 4.79 Å². The molecule has 0 fully saturated rings. The average molecular weight is 855 g/mol. The number of esters is 2. The lowest BCUT2D eigenvalue weighted by atomic mass is 10.1. The number of nitrogens with zero attached hydrogens (tertiary/aromatic N) is 1. The fraction of sp³-hybridized carbons (Fsp3) is 0.717. The Hall–Kier alpha value is -3.23. The van der Waals surface area contributed by atoms with Crippen LogP contribution >= 0.6 is 0 Å². The minimum absolute atomic E-state index is 0.0487. The Labute approximate surface area is 374 Å². The second-order valence-electron chi connectivity index (χ2n) is 17.3. The number of carboxylic acids is 1. The summed E-state index contributed by atoms with van der Waals surface area (Å²) in [4.78, 5) is 37.1. The number of unbranched alkanes of at least 4 members (excludes halogenated alkanes) is 17. The maximum Gasteiger partial charge on any atom is 0.362 e. The minimum atomic E-state index is -0.881. The summed E-state index contributed by atoms with van der Waals surface area (Å²) in [6.07, 6.45) is 55.2. The van der Waals surface area contributed by atoms with Crippen LogP contribution in [-0.4, -0.2) is 80.6 Å². The van der Waals surface area contributed by atoms with E-state index in [2.05, 4.69) is 86.8 Å². The maximum atomic E-state index is 12.7. The van der Waals surface area contributed by atoms with Crippen LogP contribution in [0.25, 0.3) is 0 Å². The highest BCUT2D eigenvalue weighted by atomic mass is 16.6. The molecule has 1 N–H and O–H groups in total. The van der Waals surface area contributed by atoms with Gasteiger partial charge in [0.2, 0.25) is 0 Å². The number of carboxylic acid groups (broad SMARTS) is 1. The molecule has 0 amide bonds. The van der Waals surface area contributed by atoms with Crippen LogP contribution in [0.1, 0.15) is 194 Å². The lowest BCUT2D eigenvalue weighted by molar-refractivity contribution is -0.887. The molecule has 2 atom stereocenters. The van der Waals surface area contributed by atoms with Crippen LogP contribution in [-0.2, 0) is 28.6 Å². The number of aliphatic carboxylic acids is 1. The Morgan fingerprint density at radius 2 is 0.918 bits per heavy atom. The van der Waals surface area contributed by atoms with Gasteiger partial charge in [0, 0.05) is 19.3 Å². The first-order valence-electron chi connectivity index (χ1n) is 24.5. The van der Waals surface area contributed by atoms with Crippen molar-refractivity contribution in [1.29, 1.82) is 0 Å². The van der Waals surface area contributed by atoms with Gasteiger partial charge in [-0.3, -0.25) is 9.59 Å². The van der Waals surface area contributed by atoms with Gasteiger partial charge in [-0.15, -0.1) is 0 Å². The van der Waals surface area contributed by atoms with Crippen LogP contribution in [0.5, 0.6) is 0 Å². The highest BCUT2D eigenvalue weighted by molar-refractivity contribution is 5.72. The average Bonchev–Trinajstić information content (AvgIpc) is 3.22. The molecule has 0 aromatic heterocycles. The van der Waals surface area contributed by atoms with Gasteiger partial charge in [-0.1, -0.05) is 164 Å². The number of hydrogen-bond donors (Lipinski definition) is 1. The fourth-order valence-electron chi connectivity index (χ4n) is 6.82. The summed E-state index contributed by atoms with van der Waals surface area (Å²) < 4.78 is 17.3. The van der Waals surface area contributed by atoms with Crippen LogP contribution in [0.4, 0.5) is 0 Å². The number of carbonyl (C=O) groups excluding carboxylic acids is 2. The first-order valence-corrected chi connectivity index (χ1v) is 24.5. The number of allylic oxidation sites excluding steroid dienone is 12. The van der Waals surface area contributed by atoms with Crippen molar-refractivity contribution in [3.05, 3.63) is 72.9 Å². The number of carbonyl (C=O) groups is 3. The number of rotatable bonds is 43. The number of hydrogen-bond acceptors (Lipinski definition) is 6. The monoisotopic (exact) mass is 855 g/mol. The van der Waals surface area contributed by atoms with Gasteiger partial charge in [-0.05, 0) is 83.5 Å². The van der Waals surface area contributed by atoms with E-state index in [-0.39, 0.29) is 36.2 Å². The zero-order valence-electron chi connectivity index (χ0n) is 39.8. The molecule has 350 valence electrons. The Bertz CT molecular complexity index is 1230. The SMILES string of the molecule is CC/C=C/C/C=C/C/C=C/C/C=C/C/C=C/CCCCCCCCCC(=O)OCC(COCCC(C(=O)O)[N+](C)(C)C)OC(=O)CCCCC/C=C/CCCCCCCCC. The molecule has 61 heavy (non-hydrogen) atoms. The van der Waals surface area contributed by atoms with Gasteiger partial charge >= 0.3 is 17.9 Å². The first kappa shape index (κ1) is 57.8. The zero-order chi connectivity index (χ0) is 44.9. The predicted octanol–water partition coefficient (Wildman–Crippen LogP) is 13.9. The third-order valence-corrected chi connectivity index (χ3v) is 10.6. The second kappa shape index (κ2) is 43.4. The molecule has 8 heteroatoms. The zero-order valence-corrected chi connectivity index (χ0v) is 39.8. The number of ether oxygens (including phenoxy) is 3. The van der Waals surface area contributed by atoms with E-state index < -0.39 is 18.1 Å². The van der Waals surface area contributed by atoms with Gasteiger partial charge < -0.3 is 23.8 Å². The van der Waals surface area contributed by atoms with Gasteiger partial charge in [-0.2, -0.15) is 0 Å². The van der Waals surface area contributed by atoms with Crippen molar-refractivity contribution < 1.29 is 38.2 Å². The fourth-order valence-corrected chi connectivity index (χ4v) is 6.82. The van der Waals surface area contributed by atoms with Gasteiger partial charge in [0.1, 0.15) is 6.61 Å². The molecule has 0 spiro atoms. The normalized spacial score (nSPS) is 13.5. The van der Waals surface area contributed by atoms with Crippen LogP contribution in [0.3, 0.4) is 0 Å². The molecule has 0 heterocycles. The molecule has 0 aliphatic heterocycles. The molecule has 0 aromatic rings. The van der Waals surface area contributed by atoms with Crippen LogP contribution < -0.4 is 0 Å². The van der Waals surface area contributed by atoms with E-state index in [1.807, 2.05) is 21.1 Å². The molecule has 0 aliphatic carbocycles. The Balaban J connectivity index is 4.29. The highest BCUT2D eigenvalue weighted by Crippen LogP contribution is 2.14. The summed E-state index contributed by atoms with van der Waals surface area (Å²) in [6, 6.07) is -0.622. The van der Waals surface area contributed by atoms with E-state index in [0.717, 1.165) is 89.9 Å². The summed E-state index contributed by atoms with van der Waals surface area (Å²) in [7, 11) is 5.52. The molecule has 0 radical (unpaired) electrons. The Morgan fingerprint density at radius 3 is 1.39 bits per heavy atom. The largest absolute Gasteiger partial charge is 0.477 e. The van der Waals surface area contributed by atoms with Gasteiger partial charge in [0.15, 0.2) is 12.1 Å². The van der Waals surface area contributed by atoms with Crippen molar-refractivity contribution in [2.75, 3.05) is 41.0 Å². The molecule has 0 saturated carbocycles. The molecule has 2 unspecified atom stereocenters. The van der Waals surface area contributed by atoms with Crippen molar-refractivity contribution in [2.45, 2.75) is 206 Å². The van der Waals surface area contributed by atoms with Crippen molar-refractivity contribution in [3.63, 3.8) is 0 Å². The molecule has 0 aromatic carbocycles. The summed E-state index contributed by atoms with van der Waals surface area (Å²) in [5.74, 6) is -1.50. The standard InChI is InChI=1S/C53H91NO7/c1-6-8-10-12-14-16-18-20-22-23-24-25-26-27-28-29-30-32-33-35-37-39-41-43-51(55)60-48-49(47-59-46-45-50(53(57)58)54(3,4)5)61-52(56)44-42-40-38-36-34-31-21-19-17-15-13-11-9-7-2/h8,10,14,16,20,22,24-25,27-28,31,34,49-50H,6-7,9,11-13,15,17-19,21,23,26,29-30,32-33,35-48H2,1-5H3/p+1/b10-8+,16-14+,22-20+,25-24+,28-27+,34-31+. The third-order valence-electron chi connectivity index (χ3n) is 10.6. The van der Waals surface area contributed by atoms with E-state index in [0.29, 0.717) is 19.3 Å². The van der Waals surface area contributed by atoms with E-state index >= 15 is 0 Å². The van der Waals surface area contributed by atoms with E-state index in [9.17, 15) is 19.5 Å². The second-order valence-corrected chi connectivity index (χ2v) is 17.3. The van der Waals surface area contributed by atoms with Crippen molar-refractivity contribution >= 4 is 17.9 Å². The van der Waals surface area contributed by atoms with E-state index in [1.165, 1.54) is 70.6 Å². The quantitative estimate of drug-likeness (QED) is 0.0282. The Kier molecular flexibility index (Phi) is 41.1. The topological polar surface area (TPSA) is 99.1 Å². The molecule has 8 nitrogen and oxygen atoms in total. The molecule has 0 bridgehead atoms. The smallest absolute Gasteiger partial charge is 0.362 e. The van der Waals surface area contributed by atoms with E-state index in [4.69, 9.17) is 14.2 Å². The summed E-state index contributed by atoms with van der Waals surface area (Å²) >= 11 is 0. The summed E-state index contributed by atoms with van der Waals surface area (Å²) in [5.41, 5.74) is 0. The highest BCUT2D eigenvalue weighted by Gasteiger charge is 2.31. The summed E-state index contributed by atoms with van der Waals surface area (Å²) in [6.45, 7) is 4.59. The van der Waals surface area contributed by atoms with Crippen LogP contribution in [0.15, 0.2) is 72.9 Å².